The molecular formula is C28H31FN4O3. The van der Waals surface area contributed by atoms with Crippen molar-refractivity contribution in [3.05, 3.63) is 94.9 Å². The summed E-state index contributed by atoms with van der Waals surface area (Å²) in [5, 5.41) is 6.05. The Balaban J connectivity index is 1.18. The van der Waals surface area contributed by atoms with Crippen molar-refractivity contribution >= 4 is 17.8 Å². The molecule has 4 rings (SSSR count). The summed E-state index contributed by atoms with van der Waals surface area (Å²) in [7, 11) is 0. The number of carbonyl (C=O) groups excluding carboxylic acids is 2. The molecule has 1 aliphatic rings. The van der Waals surface area contributed by atoms with Crippen molar-refractivity contribution in [2.45, 2.75) is 32.9 Å². The second kappa shape index (κ2) is 12.2. The Hall–Kier alpha value is -3.94. The van der Waals surface area contributed by atoms with Crippen LogP contribution >= 0.6 is 0 Å². The number of hydrogen-bond acceptors (Lipinski definition) is 5. The third-order valence-corrected chi connectivity index (χ3v) is 6.35. The highest BCUT2D eigenvalue weighted by molar-refractivity contribution is 5.94. The summed E-state index contributed by atoms with van der Waals surface area (Å²) in [6.45, 7) is 4.30. The Morgan fingerprint density at radius 3 is 2.58 bits per heavy atom. The van der Waals surface area contributed by atoms with E-state index < -0.39 is 0 Å². The third-order valence-electron chi connectivity index (χ3n) is 6.35. The van der Waals surface area contributed by atoms with Gasteiger partial charge in [-0.1, -0.05) is 48.0 Å². The lowest BCUT2D eigenvalue weighted by atomic mass is 9.97. The molecule has 0 unspecified atom stereocenters. The van der Waals surface area contributed by atoms with Crippen molar-refractivity contribution in [3.8, 4) is 0 Å². The van der Waals surface area contributed by atoms with Crippen molar-refractivity contribution in [2.24, 2.45) is 5.92 Å². The van der Waals surface area contributed by atoms with Gasteiger partial charge in [0.15, 0.2) is 0 Å². The number of nitrogens with one attached hydrogen (secondary N) is 2. The predicted octanol–water partition coefficient (Wildman–Crippen LogP) is 4.92. The molecule has 2 aromatic carbocycles. The first-order valence-corrected chi connectivity index (χ1v) is 12.2. The smallest absolute Gasteiger partial charge is 0.410 e. The minimum atomic E-state index is -0.301. The molecular weight excluding hydrogens is 459 g/mol. The van der Waals surface area contributed by atoms with Gasteiger partial charge in [0.1, 0.15) is 18.2 Å². The van der Waals surface area contributed by atoms with Crippen LogP contribution in [0, 0.1) is 18.7 Å². The van der Waals surface area contributed by atoms with E-state index in [2.05, 4.69) is 15.6 Å². The van der Waals surface area contributed by atoms with Gasteiger partial charge in [-0.15, -0.1) is 0 Å². The normalized spacial score (nSPS) is 13.8. The van der Waals surface area contributed by atoms with Crippen LogP contribution in [0.1, 0.15) is 39.9 Å². The first-order chi connectivity index (χ1) is 17.5. The van der Waals surface area contributed by atoms with Crippen LogP contribution in [0.2, 0.25) is 0 Å². The standard InChI is InChI=1S/C28H31FN4O3/c1-20-6-8-22(9-7-20)19-36-28(35)33-14-11-21(12-15-33)17-32-27(34)23-10-13-30-26(16-23)31-18-24-4-2-3-5-25(24)29/h2-10,13,16,21H,11-12,14-15,17-19H2,1H3,(H,30,31)(H,32,34). The second-order valence-electron chi connectivity index (χ2n) is 9.06. The molecule has 2 amide bonds. The quantitative estimate of drug-likeness (QED) is 0.468. The summed E-state index contributed by atoms with van der Waals surface area (Å²) < 4.78 is 19.3. The monoisotopic (exact) mass is 490 g/mol. The van der Waals surface area contributed by atoms with Crippen LogP contribution in [-0.2, 0) is 17.9 Å². The molecule has 0 atom stereocenters. The lowest BCUT2D eigenvalue weighted by Crippen LogP contribution is -2.41. The third kappa shape index (κ3) is 7.04. The van der Waals surface area contributed by atoms with E-state index in [4.69, 9.17) is 4.74 Å². The Labute approximate surface area is 210 Å². The molecule has 8 heteroatoms. The molecule has 3 aromatic rings. The molecule has 1 saturated heterocycles. The molecule has 0 saturated carbocycles. The highest BCUT2D eigenvalue weighted by Crippen LogP contribution is 2.18. The summed E-state index contributed by atoms with van der Waals surface area (Å²) in [6, 6.07) is 17.8. The van der Waals surface area contributed by atoms with E-state index >= 15 is 0 Å². The molecule has 0 spiro atoms. The van der Waals surface area contributed by atoms with Crippen molar-refractivity contribution in [2.75, 3.05) is 25.0 Å². The molecule has 2 N–H and O–H groups in total. The van der Waals surface area contributed by atoms with Crippen LogP contribution in [0.4, 0.5) is 15.0 Å². The summed E-state index contributed by atoms with van der Waals surface area (Å²) in [4.78, 5) is 31.0. The molecule has 0 aliphatic carbocycles. The topological polar surface area (TPSA) is 83.6 Å². The number of rotatable bonds is 8. The maximum absolute atomic E-state index is 13.8. The van der Waals surface area contributed by atoms with E-state index in [-0.39, 0.29) is 36.9 Å². The first kappa shape index (κ1) is 25.2. The molecule has 1 aromatic heterocycles. The Morgan fingerprint density at radius 1 is 1.08 bits per heavy atom. The van der Waals surface area contributed by atoms with Crippen LogP contribution in [0.25, 0.3) is 0 Å². The number of aromatic nitrogens is 1. The Morgan fingerprint density at radius 2 is 1.83 bits per heavy atom. The number of halogens is 1. The average Bonchev–Trinajstić information content (AvgIpc) is 2.91. The van der Waals surface area contributed by atoms with Gasteiger partial charge < -0.3 is 20.3 Å². The van der Waals surface area contributed by atoms with Crippen LogP contribution < -0.4 is 10.6 Å². The number of pyridine rings is 1. The van der Waals surface area contributed by atoms with Gasteiger partial charge in [0.2, 0.25) is 0 Å². The Bertz CT molecular complexity index is 1180. The lowest BCUT2D eigenvalue weighted by molar-refractivity contribution is 0.0801. The zero-order chi connectivity index (χ0) is 25.3. The fraction of sp³-hybridized carbons (Fsp3) is 0.321. The summed E-state index contributed by atoms with van der Waals surface area (Å²) in [6.07, 6.45) is 2.85. The Kier molecular flexibility index (Phi) is 8.49. The van der Waals surface area contributed by atoms with Gasteiger partial charge in [-0.25, -0.2) is 14.2 Å². The predicted molar refractivity (Wildman–Crippen MR) is 136 cm³/mol. The van der Waals surface area contributed by atoms with E-state index in [0.717, 1.165) is 18.4 Å². The fourth-order valence-electron chi connectivity index (χ4n) is 4.08. The largest absolute Gasteiger partial charge is 0.445 e. The molecule has 0 radical (unpaired) electrons. The number of likely N-dealkylation sites (tertiary alicyclic amines) is 1. The molecule has 1 fully saturated rings. The maximum atomic E-state index is 13.8. The van der Waals surface area contributed by atoms with E-state index in [9.17, 15) is 14.0 Å². The number of piperidine rings is 1. The fourth-order valence-corrected chi connectivity index (χ4v) is 4.08. The average molecular weight is 491 g/mol. The number of ether oxygens (including phenoxy) is 1. The number of amides is 2. The summed E-state index contributed by atoms with van der Waals surface area (Å²) in [5.41, 5.74) is 3.14. The van der Waals surface area contributed by atoms with Gasteiger partial charge in [0.05, 0.1) is 0 Å². The number of benzene rings is 2. The van der Waals surface area contributed by atoms with Crippen molar-refractivity contribution < 1.29 is 18.7 Å². The molecule has 36 heavy (non-hydrogen) atoms. The first-order valence-electron chi connectivity index (χ1n) is 12.2. The van der Waals surface area contributed by atoms with Crippen LogP contribution in [0.5, 0.6) is 0 Å². The number of anilines is 1. The van der Waals surface area contributed by atoms with Gasteiger partial charge in [0.25, 0.3) is 5.91 Å². The number of aryl methyl sites for hydroxylation is 1. The van der Waals surface area contributed by atoms with Crippen molar-refractivity contribution in [1.82, 2.24) is 15.2 Å². The molecule has 2 heterocycles. The summed E-state index contributed by atoms with van der Waals surface area (Å²) in [5.74, 6) is 0.315. The maximum Gasteiger partial charge on any atom is 0.410 e. The molecule has 1 aliphatic heterocycles. The highest BCUT2D eigenvalue weighted by Gasteiger charge is 2.24. The summed E-state index contributed by atoms with van der Waals surface area (Å²) >= 11 is 0. The van der Waals surface area contributed by atoms with Crippen LogP contribution in [0.3, 0.4) is 0 Å². The molecule has 188 valence electrons. The SMILES string of the molecule is Cc1ccc(COC(=O)N2CCC(CNC(=O)c3ccnc(NCc4ccccc4F)c3)CC2)cc1. The number of nitrogens with zero attached hydrogens (tertiary/aromatic N) is 2. The molecule has 0 bridgehead atoms. The van der Waals surface area contributed by atoms with E-state index in [1.165, 1.54) is 11.6 Å². The zero-order valence-corrected chi connectivity index (χ0v) is 20.4. The van der Waals surface area contributed by atoms with E-state index in [1.807, 2.05) is 31.2 Å². The van der Waals surface area contributed by atoms with E-state index in [0.29, 0.717) is 36.6 Å². The highest BCUT2D eigenvalue weighted by atomic mass is 19.1. The van der Waals surface area contributed by atoms with Gasteiger partial charge in [-0.05, 0) is 49.4 Å². The number of hydrogen-bond donors (Lipinski definition) is 2. The van der Waals surface area contributed by atoms with E-state index in [1.54, 1.807) is 41.4 Å². The van der Waals surface area contributed by atoms with Gasteiger partial charge in [-0.2, -0.15) is 0 Å². The van der Waals surface area contributed by atoms with Gasteiger partial charge in [-0.3, -0.25) is 4.79 Å². The van der Waals surface area contributed by atoms with Crippen LogP contribution in [0.15, 0.2) is 66.9 Å². The van der Waals surface area contributed by atoms with Crippen molar-refractivity contribution in [1.29, 1.82) is 0 Å². The van der Waals surface area contributed by atoms with Gasteiger partial charge >= 0.3 is 6.09 Å². The molecule has 7 nitrogen and oxygen atoms in total. The lowest BCUT2D eigenvalue weighted by Gasteiger charge is -2.31. The second-order valence-corrected chi connectivity index (χ2v) is 9.06. The minimum absolute atomic E-state index is 0.189. The van der Waals surface area contributed by atoms with Crippen LogP contribution in [-0.4, -0.2) is 41.5 Å². The number of carbonyl (C=O) groups is 2. The van der Waals surface area contributed by atoms with Crippen molar-refractivity contribution in [3.63, 3.8) is 0 Å². The minimum Gasteiger partial charge on any atom is -0.445 e. The van der Waals surface area contributed by atoms with Gasteiger partial charge in [0, 0.05) is 43.5 Å². The zero-order valence-electron chi connectivity index (χ0n) is 20.4.